The third-order valence-corrected chi connectivity index (χ3v) is 2.77. The highest BCUT2D eigenvalue weighted by Crippen LogP contribution is 2.17. The van der Waals surface area contributed by atoms with Crippen LogP contribution in [0.4, 0.5) is 0 Å². The van der Waals surface area contributed by atoms with Crippen molar-refractivity contribution in [2.24, 2.45) is 0 Å². The first-order valence-electron chi connectivity index (χ1n) is 5.11. The maximum absolute atomic E-state index is 5.57. The number of ether oxygens (including phenoxy) is 1. The van der Waals surface area contributed by atoms with E-state index in [9.17, 15) is 0 Å². The molecule has 0 aliphatic rings. The third-order valence-electron chi connectivity index (χ3n) is 2.06. The highest BCUT2D eigenvalue weighted by Gasteiger charge is 2.17. The van der Waals surface area contributed by atoms with Crippen molar-refractivity contribution in [3.63, 3.8) is 0 Å². The Morgan fingerprint density at radius 2 is 2.27 bits per heavy atom. The van der Waals surface area contributed by atoms with E-state index < -0.39 is 0 Å². The molecule has 0 fully saturated rings. The van der Waals surface area contributed by atoms with Crippen molar-refractivity contribution in [1.82, 2.24) is 5.32 Å². The zero-order valence-electron chi connectivity index (χ0n) is 9.47. The average Bonchev–Trinajstić information content (AvgIpc) is 2.51. The molecule has 0 amide bonds. The van der Waals surface area contributed by atoms with Crippen LogP contribution in [0.2, 0.25) is 0 Å². The summed E-state index contributed by atoms with van der Waals surface area (Å²) in [7, 11) is 0. The van der Waals surface area contributed by atoms with Gasteiger partial charge in [-0.15, -0.1) is 0 Å². The van der Waals surface area contributed by atoms with Gasteiger partial charge >= 0.3 is 0 Å². The van der Waals surface area contributed by atoms with Crippen LogP contribution >= 0.6 is 15.9 Å². The van der Waals surface area contributed by atoms with Crippen LogP contribution in [0.1, 0.15) is 26.5 Å². The third kappa shape index (κ3) is 4.36. The number of nitrogens with one attached hydrogen (secondary N) is 1. The molecule has 1 rings (SSSR count). The predicted octanol–water partition coefficient (Wildman–Crippen LogP) is 2.95. The van der Waals surface area contributed by atoms with Crippen LogP contribution in [0.15, 0.2) is 21.2 Å². The van der Waals surface area contributed by atoms with Gasteiger partial charge in [-0.3, -0.25) is 0 Å². The summed E-state index contributed by atoms with van der Waals surface area (Å²) >= 11 is 3.41. The van der Waals surface area contributed by atoms with Gasteiger partial charge in [-0.05, 0) is 42.8 Å². The number of hydrogen-bond donors (Lipinski definition) is 1. The topological polar surface area (TPSA) is 34.4 Å². The molecule has 4 heteroatoms. The molecule has 0 radical (unpaired) electrons. The monoisotopic (exact) mass is 275 g/mol. The molecule has 1 N–H and O–H groups in total. The molecular formula is C11H18BrNO2. The molecule has 0 aromatic carbocycles. The highest BCUT2D eigenvalue weighted by atomic mass is 79.9. The summed E-state index contributed by atoms with van der Waals surface area (Å²) in [6.45, 7) is 8.39. The summed E-state index contributed by atoms with van der Waals surface area (Å²) in [4.78, 5) is 0. The summed E-state index contributed by atoms with van der Waals surface area (Å²) in [6.07, 6.45) is 1.68. The molecule has 0 atom stereocenters. The molecule has 1 heterocycles. The lowest BCUT2D eigenvalue weighted by Crippen LogP contribution is -2.37. The van der Waals surface area contributed by atoms with Crippen LogP contribution in [0.5, 0.6) is 0 Å². The number of rotatable bonds is 6. The van der Waals surface area contributed by atoms with Gasteiger partial charge in [0, 0.05) is 13.2 Å². The maximum atomic E-state index is 5.57. The largest absolute Gasteiger partial charge is 0.467 e. The van der Waals surface area contributed by atoms with Crippen LogP contribution in [-0.2, 0) is 11.3 Å². The van der Waals surface area contributed by atoms with E-state index in [0.717, 1.165) is 23.4 Å². The van der Waals surface area contributed by atoms with Crippen molar-refractivity contribution in [2.45, 2.75) is 32.9 Å². The van der Waals surface area contributed by atoms with Crippen molar-refractivity contribution in [2.75, 3.05) is 13.2 Å². The highest BCUT2D eigenvalue weighted by molar-refractivity contribution is 9.10. The second-order valence-electron chi connectivity index (χ2n) is 3.99. The molecule has 0 bridgehead atoms. The Hall–Kier alpha value is -0.320. The Morgan fingerprint density at radius 3 is 2.80 bits per heavy atom. The first kappa shape index (κ1) is 12.7. The van der Waals surface area contributed by atoms with Gasteiger partial charge in [0.05, 0.1) is 22.9 Å². The van der Waals surface area contributed by atoms with Crippen LogP contribution in [-0.4, -0.2) is 18.8 Å². The molecule has 1 aromatic rings. The molecule has 0 spiro atoms. The summed E-state index contributed by atoms with van der Waals surface area (Å²) in [5, 5.41) is 3.30. The van der Waals surface area contributed by atoms with Crippen molar-refractivity contribution in [3.05, 3.63) is 22.6 Å². The Labute approximate surface area is 99.3 Å². The molecule has 0 aliphatic carbocycles. The van der Waals surface area contributed by atoms with Crippen molar-refractivity contribution < 1.29 is 9.15 Å². The van der Waals surface area contributed by atoms with Crippen LogP contribution in [0, 0.1) is 0 Å². The van der Waals surface area contributed by atoms with E-state index >= 15 is 0 Å². The van der Waals surface area contributed by atoms with Crippen LogP contribution in [0.25, 0.3) is 0 Å². The van der Waals surface area contributed by atoms with Gasteiger partial charge in [-0.25, -0.2) is 0 Å². The molecule has 0 saturated heterocycles. The minimum atomic E-state index is -0.131. The van der Waals surface area contributed by atoms with Gasteiger partial charge in [0.25, 0.3) is 0 Å². The molecule has 0 aliphatic heterocycles. The van der Waals surface area contributed by atoms with Gasteiger partial charge in [-0.2, -0.15) is 0 Å². The Morgan fingerprint density at radius 1 is 1.53 bits per heavy atom. The van der Waals surface area contributed by atoms with Crippen LogP contribution in [0.3, 0.4) is 0 Å². The van der Waals surface area contributed by atoms with E-state index in [1.165, 1.54) is 0 Å². The summed E-state index contributed by atoms with van der Waals surface area (Å²) < 4.78 is 11.9. The van der Waals surface area contributed by atoms with Gasteiger partial charge < -0.3 is 14.5 Å². The van der Waals surface area contributed by atoms with E-state index in [2.05, 4.69) is 35.1 Å². The van der Waals surface area contributed by atoms with E-state index in [1.807, 2.05) is 13.0 Å². The minimum Gasteiger partial charge on any atom is -0.467 e. The van der Waals surface area contributed by atoms with Crippen molar-refractivity contribution in [3.8, 4) is 0 Å². The van der Waals surface area contributed by atoms with Crippen molar-refractivity contribution >= 4 is 15.9 Å². The van der Waals surface area contributed by atoms with Crippen molar-refractivity contribution in [1.29, 1.82) is 0 Å². The maximum Gasteiger partial charge on any atom is 0.131 e. The van der Waals surface area contributed by atoms with Gasteiger partial charge in [0.15, 0.2) is 0 Å². The Kier molecular flexibility index (Phi) is 4.83. The number of halogens is 1. The minimum absolute atomic E-state index is 0.131. The molecule has 15 heavy (non-hydrogen) atoms. The van der Waals surface area contributed by atoms with Gasteiger partial charge in [0.2, 0.25) is 0 Å². The first-order chi connectivity index (χ1) is 7.05. The summed E-state index contributed by atoms with van der Waals surface area (Å²) in [5.74, 6) is 0.919. The number of hydrogen-bond acceptors (Lipinski definition) is 3. The fourth-order valence-electron chi connectivity index (χ4n) is 1.37. The zero-order chi connectivity index (χ0) is 11.3. The lowest BCUT2D eigenvalue weighted by atomic mass is 10.1. The van der Waals surface area contributed by atoms with E-state index in [-0.39, 0.29) is 5.60 Å². The smallest absolute Gasteiger partial charge is 0.131 e. The second-order valence-corrected chi connectivity index (χ2v) is 4.84. The quantitative estimate of drug-likeness (QED) is 0.867. The van der Waals surface area contributed by atoms with Gasteiger partial charge in [-0.1, -0.05) is 0 Å². The average molecular weight is 276 g/mol. The summed E-state index contributed by atoms with van der Waals surface area (Å²) in [5.41, 5.74) is -0.131. The standard InChI is InChI=1S/C11H18BrNO2/c1-4-15-11(2,3)8-13-7-10-9(12)5-6-14-10/h5-6,13H,4,7-8H2,1-3H3. The van der Waals surface area contributed by atoms with E-state index in [4.69, 9.17) is 9.15 Å². The zero-order valence-corrected chi connectivity index (χ0v) is 11.1. The summed E-state index contributed by atoms with van der Waals surface area (Å²) in [6, 6.07) is 1.89. The number of furan rings is 1. The molecule has 86 valence electrons. The predicted molar refractivity (Wildman–Crippen MR) is 63.8 cm³/mol. The Balaban J connectivity index is 2.30. The lowest BCUT2D eigenvalue weighted by Gasteiger charge is -2.24. The fourth-order valence-corrected chi connectivity index (χ4v) is 1.71. The Bertz CT molecular complexity index is 297. The first-order valence-corrected chi connectivity index (χ1v) is 5.91. The normalized spacial score (nSPS) is 12.0. The molecule has 1 aromatic heterocycles. The SMILES string of the molecule is CCOC(C)(C)CNCc1occc1Br. The van der Waals surface area contributed by atoms with E-state index in [0.29, 0.717) is 6.54 Å². The molecule has 3 nitrogen and oxygen atoms in total. The fraction of sp³-hybridized carbons (Fsp3) is 0.636. The molecule has 0 unspecified atom stereocenters. The molecule has 0 saturated carbocycles. The molecular weight excluding hydrogens is 258 g/mol. The van der Waals surface area contributed by atoms with E-state index in [1.54, 1.807) is 6.26 Å². The van der Waals surface area contributed by atoms with Crippen LogP contribution < -0.4 is 5.32 Å². The lowest BCUT2D eigenvalue weighted by molar-refractivity contribution is -0.00920. The van der Waals surface area contributed by atoms with Gasteiger partial charge in [0.1, 0.15) is 5.76 Å². The second kappa shape index (κ2) is 5.68.